The largest absolute Gasteiger partial charge is 0.416 e. The maximum atomic E-state index is 12.6. The lowest BCUT2D eigenvalue weighted by molar-refractivity contribution is -0.143. The maximum absolute atomic E-state index is 12.6. The standard InChI is InChI=1S/C10H3ClF6N2S/c11-8-18-7(19-20-8)4-1-5(9(12,13)14)3-6(2-4)10(15,16)17/h1-3H. The van der Waals surface area contributed by atoms with Crippen LogP contribution in [0, 0.1) is 0 Å². The first-order chi connectivity index (χ1) is 9.07. The third kappa shape index (κ3) is 3.21. The first-order valence-electron chi connectivity index (χ1n) is 4.86. The summed E-state index contributed by atoms with van der Waals surface area (Å²) in [6, 6.07) is 1.14. The van der Waals surface area contributed by atoms with Gasteiger partial charge in [-0.3, -0.25) is 0 Å². The van der Waals surface area contributed by atoms with Crippen LogP contribution in [0.4, 0.5) is 26.3 Å². The van der Waals surface area contributed by atoms with Gasteiger partial charge < -0.3 is 0 Å². The number of halogens is 7. The predicted molar refractivity (Wildman–Crippen MR) is 60.4 cm³/mol. The van der Waals surface area contributed by atoms with Crippen LogP contribution in [-0.4, -0.2) is 9.36 Å². The SMILES string of the molecule is FC(F)(F)c1cc(-c2nsc(Cl)n2)cc(C(F)(F)F)c1. The first kappa shape index (κ1) is 15.0. The number of rotatable bonds is 1. The number of benzene rings is 1. The monoisotopic (exact) mass is 332 g/mol. The van der Waals surface area contributed by atoms with Gasteiger partial charge in [-0.1, -0.05) is 0 Å². The third-order valence-corrected chi connectivity index (χ3v) is 3.04. The molecule has 108 valence electrons. The lowest BCUT2D eigenvalue weighted by Gasteiger charge is -2.13. The second kappa shape index (κ2) is 4.88. The van der Waals surface area contributed by atoms with E-state index in [2.05, 4.69) is 9.36 Å². The van der Waals surface area contributed by atoms with Crippen LogP contribution in [0.25, 0.3) is 11.4 Å². The molecule has 10 heteroatoms. The predicted octanol–water partition coefficient (Wildman–Crippen LogP) is 4.90. The number of hydrogen-bond acceptors (Lipinski definition) is 3. The summed E-state index contributed by atoms with van der Waals surface area (Å²) in [4.78, 5) is 3.57. The molecule has 2 nitrogen and oxygen atoms in total. The molecule has 0 saturated heterocycles. The highest BCUT2D eigenvalue weighted by molar-refractivity contribution is 7.10. The third-order valence-electron chi connectivity index (χ3n) is 2.25. The van der Waals surface area contributed by atoms with Gasteiger partial charge in [0, 0.05) is 5.56 Å². The Bertz CT molecular complexity index is 601. The Morgan fingerprint density at radius 1 is 0.900 bits per heavy atom. The Labute approximate surface area is 117 Å². The van der Waals surface area contributed by atoms with Gasteiger partial charge in [0.25, 0.3) is 0 Å². The van der Waals surface area contributed by atoms with Gasteiger partial charge in [-0.25, -0.2) is 4.98 Å². The average molecular weight is 333 g/mol. The van der Waals surface area contributed by atoms with E-state index >= 15 is 0 Å². The molecule has 0 aliphatic rings. The first-order valence-corrected chi connectivity index (χ1v) is 6.01. The molecule has 0 amide bonds. The number of aromatic nitrogens is 2. The highest BCUT2D eigenvalue weighted by Gasteiger charge is 2.37. The van der Waals surface area contributed by atoms with Crippen LogP contribution in [0.1, 0.15) is 11.1 Å². The van der Waals surface area contributed by atoms with Gasteiger partial charge >= 0.3 is 12.4 Å². The van der Waals surface area contributed by atoms with E-state index in [1.807, 2.05) is 0 Å². The summed E-state index contributed by atoms with van der Waals surface area (Å²) < 4.78 is 79.3. The zero-order chi connectivity index (χ0) is 15.1. The van der Waals surface area contributed by atoms with Gasteiger partial charge in [0.1, 0.15) is 0 Å². The zero-order valence-corrected chi connectivity index (χ0v) is 10.8. The molecule has 0 fully saturated rings. The summed E-state index contributed by atoms with van der Waals surface area (Å²) in [6.07, 6.45) is -9.81. The Hall–Kier alpha value is -1.35. The molecule has 0 bridgehead atoms. The minimum atomic E-state index is -4.91. The second-order valence-electron chi connectivity index (χ2n) is 3.67. The highest BCUT2D eigenvalue weighted by Crippen LogP contribution is 2.38. The minimum absolute atomic E-state index is 0.0392. The van der Waals surface area contributed by atoms with Crippen molar-refractivity contribution in [3.63, 3.8) is 0 Å². The fourth-order valence-electron chi connectivity index (χ4n) is 1.41. The van der Waals surface area contributed by atoms with Crippen molar-refractivity contribution in [2.75, 3.05) is 0 Å². The molecule has 0 unspecified atom stereocenters. The Morgan fingerprint density at radius 3 is 1.75 bits per heavy atom. The van der Waals surface area contributed by atoms with Crippen molar-refractivity contribution in [2.45, 2.75) is 12.4 Å². The van der Waals surface area contributed by atoms with Gasteiger partial charge in [0.15, 0.2) is 5.82 Å². The van der Waals surface area contributed by atoms with Crippen molar-refractivity contribution >= 4 is 23.1 Å². The van der Waals surface area contributed by atoms with Crippen LogP contribution >= 0.6 is 23.1 Å². The number of hydrogen-bond donors (Lipinski definition) is 0. The molecule has 0 aliphatic heterocycles. The quantitative estimate of drug-likeness (QED) is 0.694. The summed E-state index contributed by atoms with van der Waals surface area (Å²) in [5.74, 6) is -0.281. The molecular formula is C10H3ClF6N2S. The molecule has 0 saturated carbocycles. The molecular weight excluding hydrogens is 330 g/mol. The molecule has 2 rings (SSSR count). The van der Waals surface area contributed by atoms with Crippen molar-refractivity contribution in [3.8, 4) is 11.4 Å². The van der Waals surface area contributed by atoms with Gasteiger partial charge in [0.05, 0.1) is 11.1 Å². The van der Waals surface area contributed by atoms with E-state index in [0.29, 0.717) is 23.7 Å². The van der Waals surface area contributed by atoms with Crippen molar-refractivity contribution in [1.29, 1.82) is 0 Å². The lowest BCUT2D eigenvalue weighted by Crippen LogP contribution is -2.11. The Morgan fingerprint density at radius 2 is 1.40 bits per heavy atom. The summed E-state index contributed by atoms with van der Waals surface area (Å²) in [6.45, 7) is 0. The smallest absolute Gasteiger partial charge is 0.203 e. The van der Waals surface area contributed by atoms with Crippen molar-refractivity contribution in [3.05, 3.63) is 33.8 Å². The summed E-state index contributed by atoms with van der Waals surface area (Å²) in [7, 11) is 0. The van der Waals surface area contributed by atoms with Crippen LogP contribution in [-0.2, 0) is 12.4 Å². The zero-order valence-electron chi connectivity index (χ0n) is 9.18. The Balaban J connectivity index is 2.63. The van der Waals surface area contributed by atoms with Crippen molar-refractivity contribution in [2.24, 2.45) is 0 Å². The topological polar surface area (TPSA) is 25.8 Å². The molecule has 2 aromatic rings. The Kier molecular flexibility index (Phi) is 3.67. The van der Waals surface area contributed by atoms with Crippen LogP contribution in [0.15, 0.2) is 18.2 Å². The van der Waals surface area contributed by atoms with Crippen molar-refractivity contribution < 1.29 is 26.3 Å². The van der Waals surface area contributed by atoms with E-state index in [0.717, 1.165) is 0 Å². The molecule has 1 aromatic carbocycles. The van der Waals surface area contributed by atoms with E-state index in [4.69, 9.17) is 11.6 Å². The molecule has 0 N–H and O–H groups in total. The van der Waals surface area contributed by atoms with E-state index in [-0.39, 0.29) is 16.4 Å². The van der Waals surface area contributed by atoms with E-state index < -0.39 is 29.0 Å². The number of nitrogens with zero attached hydrogens (tertiary/aromatic N) is 2. The second-order valence-corrected chi connectivity index (χ2v) is 5.00. The normalized spacial score (nSPS) is 12.8. The van der Waals surface area contributed by atoms with Crippen LogP contribution in [0.2, 0.25) is 4.47 Å². The summed E-state index contributed by atoms with van der Waals surface area (Å²) >= 11 is 6.14. The number of alkyl halides is 6. The fraction of sp³-hybridized carbons (Fsp3) is 0.200. The molecule has 1 heterocycles. The molecule has 0 aliphatic carbocycles. The van der Waals surface area contributed by atoms with Gasteiger partial charge in [-0.05, 0) is 41.3 Å². The summed E-state index contributed by atoms with van der Waals surface area (Å²) in [5, 5.41) is 0. The highest BCUT2D eigenvalue weighted by atomic mass is 35.5. The molecule has 0 atom stereocenters. The average Bonchev–Trinajstić information content (AvgIpc) is 2.73. The van der Waals surface area contributed by atoms with Crippen LogP contribution < -0.4 is 0 Å². The van der Waals surface area contributed by atoms with E-state index in [9.17, 15) is 26.3 Å². The summed E-state index contributed by atoms with van der Waals surface area (Å²) in [5.41, 5.74) is -3.24. The molecule has 0 radical (unpaired) electrons. The van der Waals surface area contributed by atoms with Gasteiger partial charge in [-0.2, -0.15) is 30.7 Å². The molecule has 20 heavy (non-hydrogen) atoms. The van der Waals surface area contributed by atoms with E-state index in [1.165, 1.54) is 0 Å². The maximum Gasteiger partial charge on any atom is 0.416 e. The van der Waals surface area contributed by atoms with Gasteiger partial charge in [-0.15, -0.1) is 0 Å². The van der Waals surface area contributed by atoms with Crippen LogP contribution in [0.3, 0.4) is 0 Å². The van der Waals surface area contributed by atoms with Crippen LogP contribution in [0.5, 0.6) is 0 Å². The minimum Gasteiger partial charge on any atom is -0.203 e. The van der Waals surface area contributed by atoms with E-state index in [1.54, 1.807) is 0 Å². The fourth-order valence-corrected chi connectivity index (χ4v) is 2.03. The van der Waals surface area contributed by atoms with Gasteiger partial charge in [0.2, 0.25) is 4.47 Å². The molecule has 0 spiro atoms. The lowest BCUT2D eigenvalue weighted by atomic mass is 10.0. The van der Waals surface area contributed by atoms with Crippen molar-refractivity contribution in [1.82, 2.24) is 9.36 Å². The molecule has 1 aromatic heterocycles.